The van der Waals surface area contributed by atoms with E-state index in [1.807, 2.05) is 0 Å². The molecular weight excluding hydrogens is 207 g/mol. The summed E-state index contributed by atoms with van der Waals surface area (Å²) in [5, 5.41) is 3.32. The van der Waals surface area contributed by atoms with Crippen molar-refractivity contribution in [1.82, 2.24) is 0 Å². The Hall–Kier alpha value is -0.440. The Morgan fingerprint density at radius 2 is 2.08 bits per heavy atom. The van der Waals surface area contributed by atoms with E-state index in [9.17, 15) is 0 Å². The Balaban J connectivity index is 0.000000720. The minimum absolute atomic E-state index is 0. The van der Waals surface area contributed by atoms with Crippen LogP contribution in [0.2, 0.25) is 0 Å². The third-order valence-corrected chi connectivity index (χ3v) is 2.12. The molecule has 13 heavy (non-hydrogen) atoms. The SMILES string of the molecule is Cl.Cl.NCc1ccc2c(c1)NCC2. The van der Waals surface area contributed by atoms with Crippen LogP contribution in [0, 0.1) is 0 Å². The average Bonchev–Trinajstić information content (AvgIpc) is 2.50. The van der Waals surface area contributed by atoms with E-state index in [0.29, 0.717) is 6.54 Å². The fraction of sp³-hybridized carbons (Fsp3) is 0.333. The zero-order chi connectivity index (χ0) is 7.68. The summed E-state index contributed by atoms with van der Waals surface area (Å²) in [6.45, 7) is 1.71. The summed E-state index contributed by atoms with van der Waals surface area (Å²) < 4.78 is 0. The number of halogens is 2. The molecule has 0 atom stereocenters. The summed E-state index contributed by atoms with van der Waals surface area (Å²) in [5.41, 5.74) is 9.41. The molecular formula is C9H14Cl2N2. The van der Waals surface area contributed by atoms with Gasteiger partial charge in [0.2, 0.25) is 0 Å². The van der Waals surface area contributed by atoms with Gasteiger partial charge < -0.3 is 11.1 Å². The summed E-state index contributed by atoms with van der Waals surface area (Å²) >= 11 is 0. The molecule has 0 aromatic heterocycles. The van der Waals surface area contributed by atoms with Crippen LogP contribution in [0.15, 0.2) is 18.2 Å². The summed E-state index contributed by atoms with van der Waals surface area (Å²) in [4.78, 5) is 0. The Kier molecular flexibility index (Phi) is 5.14. The molecule has 0 aliphatic carbocycles. The van der Waals surface area contributed by atoms with Gasteiger partial charge in [-0.25, -0.2) is 0 Å². The minimum Gasteiger partial charge on any atom is -0.384 e. The van der Waals surface area contributed by atoms with Crippen molar-refractivity contribution in [2.75, 3.05) is 11.9 Å². The van der Waals surface area contributed by atoms with Gasteiger partial charge in [-0.3, -0.25) is 0 Å². The van der Waals surface area contributed by atoms with Crippen molar-refractivity contribution in [1.29, 1.82) is 0 Å². The summed E-state index contributed by atoms with van der Waals surface area (Å²) in [7, 11) is 0. The Labute approximate surface area is 90.7 Å². The summed E-state index contributed by atoms with van der Waals surface area (Å²) in [6.07, 6.45) is 1.15. The van der Waals surface area contributed by atoms with Gasteiger partial charge in [0.25, 0.3) is 0 Å². The quantitative estimate of drug-likeness (QED) is 0.760. The zero-order valence-corrected chi connectivity index (χ0v) is 8.88. The molecule has 0 spiro atoms. The molecule has 0 saturated carbocycles. The van der Waals surface area contributed by atoms with Crippen molar-refractivity contribution >= 4 is 30.5 Å². The van der Waals surface area contributed by atoms with E-state index in [1.54, 1.807) is 0 Å². The van der Waals surface area contributed by atoms with Gasteiger partial charge in [0.05, 0.1) is 0 Å². The van der Waals surface area contributed by atoms with E-state index >= 15 is 0 Å². The molecule has 3 N–H and O–H groups in total. The number of anilines is 1. The molecule has 0 bridgehead atoms. The fourth-order valence-electron chi connectivity index (χ4n) is 1.46. The van der Waals surface area contributed by atoms with E-state index in [1.165, 1.54) is 16.8 Å². The minimum atomic E-state index is 0. The van der Waals surface area contributed by atoms with Gasteiger partial charge in [-0.1, -0.05) is 12.1 Å². The van der Waals surface area contributed by atoms with Gasteiger partial charge in [-0.15, -0.1) is 24.8 Å². The summed E-state index contributed by atoms with van der Waals surface area (Å²) in [6, 6.07) is 6.41. The highest BCUT2D eigenvalue weighted by atomic mass is 35.5. The maximum absolute atomic E-state index is 5.52. The Morgan fingerprint density at radius 3 is 2.77 bits per heavy atom. The molecule has 0 unspecified atom stereocenters. The van der Waals surface area contributed by atoms with Crippen molar-refractivity contribution in [3.63, 3.8) is 0 Å². The Bertz CT molecular complexity index is 276. The molecule has 4 heteroatoms. The number of nitrogens with one attached hydrogen (secondary N) is 1. The first kappa shape index (κ1) is 12.6. The number of benzene rings is 1. The largest absolute Gasteiger partial charge is 0.384 e. The van der Waals surface area contributed by atoms with Crippen molar-refractivity contribution in [3.05, 3.63) is 29.3 Å². The molecule has 1 aliphatic rings. The second-order valence-corrected chi connectivity index (χ2v) is 2.87. The molecule has 0 radical (unpaired) electrons. The zero-order valence-electron chi connectivity index (χ0n) is 7.25. The van der Waals surface area contributed by atoms with E-state index in [-0.39, 0.29) is 24.8 Å². The third-order valence-electron chi connectivity index (χ3n) is 2.12. The van der Waals surface area contributed by atoms with Crippen LogP contribution in [-0.4, -0.2) is 6.54 Å². The first-order chi connectivity index (χ1) is 5.40. The highest BCUT2D eigenvalue weighted by molar-refractivity contribution is 5.85. The maximum atomic E-state index is 5.52. The van der Waals surface area contributed by atoms with Crippen LogP contribution in [-0.2, 0) is 13.0 Å². The van der Waals surface area contributed by atoms with E-state index in [4.69, 9.17) is 5.73 Å². The molecule has 2 rings (SSSR count). The van der Waals surface area contributed by atoms with E-state index in [0.717, 1.165) is 13.0 Å². The third kappa shape index (κ3) is 2.50. The molecule has 0 fully saturated rings. The van der Waals surface area contributed by atoms with Crippen molar-refractivity contribution in [2.45, 2.75) is 13.0 Å². The fourth-order valence-corrected chi connectivity index (χ4v) is 1.46. The van der Waals surface area contributed by atoms with Gasteiger partial charge >= 0.3 is 0 Å². The van der Waals surface area contributed by atoms with E-state index in [2.05, 4.69) is 23.5 Å². The van der Waals surface area contributed by atoms with Crippen LogP contribution in [0.5, 0.6) is 0 Å². The lowest BCUT2D eigenvalue weighted by atomic mass is 10.1. The van der Waals surface area contributed by atoms with Crippen LogP contribution in [0.4, 0.5) is 5.69 Å². The lowest BCUT2D eigenvalue weighted by Gasteiger charge is -2.01. The van der Waals surface area contributed by atoms with Crippen molar-refractivity contribution < 1.29 is 0 Å². The standard InChI is InChI=1S/C9H12N2.2ClH/c10-6-7-1-2-8-3-4-11-9(8)5-7;;/h1-2,5,11H,3-4,6,10H2;2*1H. The van der Waals surface area contributed by atoms with Gasteiger partial charge in [0, 0.05) is 18.8 Å². The molecule has 74 valence electrons. The maximum Gasteiger partial charge on any atom is 0.0376 e. The molecule has 1 aromatic rings. The smallest absolute Gasteiger partial charge is 0.0376 e. The molecule has 0 amide bonds. The summed E-state index contributed by atoms with van der Waals surface area (Å²) in [5.74, 6) is 0. The normalized spacial score (nSPS) is 12.1. The molecule has 1 aliphatic heterocycles. The Morgan fingerprint density at radius 1 is 1.31 bits per heavy atom. The second-order valence-electron chi connectivity index (χ2n) is 2.87. The second kappa shape index (κ2) is 5.32. The van der Waals surface area contributed by atoms with Gasteiger partial charge in [-0.2, -0.15) is 0 Å². The number of hydrogen-bond acceptors (Lipinski definition) is 2. The molecule has 1 heterocycles. The lowest BCUT2D eigenvalue weighted by Crippen LogP contribution is -1.97. The molecule has 2 nitrogen and oxygen atoms in total. The van der Waals surface area contributed by atoms with Crippen molar-refractivity contribution in [2.24, 2.45) is 5.73 Å². The predicted octanol–water partition coefficient (Wildman–Crippen LogP) is 1.96. The molecule has 1 aromatic carbocycles. The topological polar surface area (TPSA) is 38.0 Å². The van der Waals surface area contributed by atoms with Gasteiger partial charge in [0.1, 0.15) is 0 Å². The first-order valence-electron chi connectivity index (χ1n) is 3.96. The highest BCUT2D eigenvalue weighted by Gasteiger charge is 2.08. The average molecular weight is 221 g/mol. The van der Waals surface area contributed by atoms with Crippen LogP contribution >= 0.6 is 24.8 Å². The number of fused-ring (bicyclic) bond motifs is 1. The predicted molar refractivity (Wildman–Crippen MR) is 61.0 cm³/mol. The number of nitrogens with two attached hydrogens (primary N) is 1. The van der Waals surface area contributed by atoms with E-state index < -0.39 is 0 Å². The van der Waals surface area contributed by atoms with Crippen LogP contribution in [0.3, 0.4) is 0 Å². The number of hydrogen-bond donors (Lipinski definition) is 2. The van der Waals surface area contributed by atoms with Gasteiger partial charge in [0.15, 0.2) is 0 Å². The van der Waals surface area contributed by atoms with Crippen LogP contribution in [0.1, 0.15) is 11.1 Å². The molecule has 0 saturated heterocycles. The monoisotopic (exact) mass is 220 g/mol. The first-order valence-corrected chi connectivity index (χ1v) is 3.96. The highest BCUT2D eigenvalue weighted by Crippen LogP contribution is 2.22. The lowest BCUT2D eigenvalue weighted by molar-refractivity contribution is 1.07. The number of rotatable bonds is 1. The van der Waals surface area contributed by atoms with Crippen LogP contribution < -0.4 is 11.1 Å². The van der Waals surface area contributed by atoms with Gasteiger partial charge in [-0.05, 0) is 23.6 Å². The van der Waals surface area contributed by atoms with Crippen molar-refractivity contribution in [3.8, 4) is 0 Å². The van der Waals surface area contributed by atoms with Crippen LogP contribution in [0.25, 0.3) is 0 Å².